The lowest BCUT2D eigenvalue weighted by Crippen LogP contribution is -2.22. The molecule has 5 heteroatoms. The molecule has 20 heavy (non-hydrogen) atoms. The van der Waals surface area contributed by atoms with E-state index < -0.39 is 0 Å². The van der Waals surface area contributed by atoms with Crippen molar-refractivity contribution >= 4 is 22.2 Å². The molecule has 3 rings (SSSR count). The Balaban J connectivity index is 2.15. The van der Waals surface area contributed by atoms with E-state index in [0.717, 1.165) is 5.82 Å². The first-order chi connectivity index (χ1) is 9.69. The first-order valence-corrected chi connectivity index (χ1v) is 7.13. The number of hydrogen-bond acceptors (Lipinski definition) is 4. The van der Waals surface area contributed by atoms with Crippen molar-refractivity contribution in [3.63, 3.8) is 0 Å². The average Bonchev–Trinajstić information content (AvgIpc) is 2.97. The van der Waals surface area contributed by atoms with Crippen molar-refractivity contribution in [2.45, 2.75) is 6.42 Å². The highest BCUT2D eigenvalue weighted by atomic mass is 32.1. The third kappa shape index (κ3) is 2.20. The molecular formula is C15H14N2O2S. The maximum atomic E-state index is 12.4. The Morgan fingerprint density at radius 3 is 2.90 bits per heavy atom. The van der Waals surface area contributed by atoms with Gasteiger partial charge >= 0.3 is 0 Å². The molecule has 0 atom stereocenters. The summed E-state index contributed by atoms with van der Waals surface area (Å²) in [6.07, 6.45) is 0.672. The summed E-state index contributed by atoms with van der Waals surface area (Å²) in [5.74, 6) is 1.44. The lowest BCUT2D eigenvalue weighted by molar-refractivity contribution is 0.415. The number of methoxy groups -OCH3 is 1. The first kappa shape index (κ1) is 12.9. The molecule has 3 aromatic rings. The number of hydrogen-bond donors (Lipinski definition) is 0. The van der Waals surface area contributed by atoms with E-state index in [1.807, 2.05) is 23.6 Å². The monoisotopic (exact) mass is 286 g/mol. The van der Waals surface area contributed by atoms with Gasteiger partial charge in [0.1, 0.15) is 11.6 Å². The number of aromatic nitrogens is 2. The molecule has 2 heterocycles. The van der Waals surface area contributed by atoms with E-state index in [9.17, 15) is 4.79 Å². The van der Waals surface area contributed by atoms with E-state index in [4.69, 9.17) is 4.74 Å². The molecule has 0 fully saturated rings. The van der Waals surface area contributed by atoms with Crippen LogP contribution in [0.2, 0.25) is 0 Å². The predicted molar refractivity (Wildman–Crippen MR) is 80.7 cm³/mol. The second-order valence-electron chi connectivity index (χ2n) is 4.53. The topological polar surface area (TPSA) is 44.1 Å². The van der Waals surface area contributed by atoms with Crippen LogP contribution in [0, 0.1) is 0 Å². The molecule has 0 saturated heterocycles. The molecule has 1 aromatic carbocycles. The molecule has 0 aliphatic heterocycles. The second-order valence-corrected chi connectivity index (χ2v) is 5.56. The first-order valence-electron chi connectivity index (χ1n) is 6.25. The molecule has 2 aromatic heterocycles. The smallest absolute Gasteiger partial charge is 0.261 e. The standard InChI is InChI=1S/C15H14N2O2S/c1-17-14(9-11-4-3-7-20-11)16-13-6-5-10(19-2)8-12(13)15(17)18/h3-8H,9H2,1-2H3. The summed E-state index contributed by atoms with van der Waals surface area (Å²) in [5, 5.41) is 2.61. The van der Waals surface area contributed by atoms with E-state index in [2.05, 4.69) is 11.1 Å². The normalized spacial score (nSPS) is 10.9. The number of fused-ring (bicyclic) bond motifs is 1. The molecule has 102 valence electrons. The fourth-order valence-corrected chi connectivity index (χ4v) is 2.85. The van der Waals surface area contributed by atoms with Crippen molar-refractivity contribution in [2.75, 3.05) is 7.11 Å². The van der Waals surface area contributed by atoms with E-state index >= 15 is 0 Å². The van der Waals surface area contributed by atoms with Crippen molar-refractivity contribution in [3.8, 4) is 5.75 Å². The number of ether oxygens (including phenoxy) is 1. The van der Waals surface area contributed by atoms with Crippen molar-refractivity contribution in [1.82, 2.24) is 9.55 Å². The molecule has 0 aliphatic carbocycles. The third-order valence-electron chi connectivity index (χ3n) is 3.29. The Kier molecular flexibility index (Phi) is 3.28. The number of thiophene rings is 1. The molecular weight excluding hydrogens is 272 g/mol. The quantitative estimate of drug-likeness (QED) is 0.743. The van der Waals surface area contributed by atoms with E-state index in [1.54, 1.807) is 36.1 Å². The lowest BCUT2D eigenvalue weighted by atomic mass is 10.2. The van der Waals surface area contributed by atoms with Crippen LogP contribution in [-0.2, 0) is 13.5 Å². The van der Waals surface area contributed by atoms with Crippen LogP contribution in [0.25, 0.3) is 10.9 Å². The lowest BCUT2D eigenvalue weighted by Gasteiger charge is -2.09. The molecule has 4 nitrogen and oxygen atoms in total. The summed E-state index contributed by atoms with van der Waals surface area (Å²) in [6.45, 7) is 0. The zero-order valence-corrected chi connectivity index (χ0v) is 12.1. The van der Waals surface area contributed by atoms with Crippen LogP contribution in [0.5, 0.6) is 5.75 Å². The average molecular weight is 286 g/mol. The molecule has 0 radical (unpaired) electrons. The summed E-state index contributed by atoms with van der Waals surface area (Å²) in [5.41, 5.74) is 0.668. The Morgan fingerprint density at radius 2 is 2.20 bits per heavy atom. The van der Waals surface area contributed by atoms with Crippen LogP contribution in [0.3, 0.4) is 0 Å². The molecule has 0 bridgehead atoms. The van der Waals surface area contributed by atoms with Gasteiger partial charge in [-0.05, 0) is 29.6 Å². The van der Waals surface area contributed by atoms with Crippen LogP contribution >= 0.6 is 11.3 Å². The zero-order valence-electron chi connectivity index (χ0n) is 11.3. The second kappa shape index (κ2) is 5.09. The van der Waals surface area contributed by atoms with Crippen LogP contribution < -0.4 is 10.3 Å². The highest BCUT2D eigenvalue weighted by Crippen LogP contribution is 2.18. The maximum Gasteiger partial charge on any atom is 0.261 e. The minimum Gasteiger partial charge on any atom is -0.497 e. The van der Waals surface area contributed by atoms with E-state index in [0.29, 0.717) is 23.1 Å². The van der Waals surface area contributed by atoms with Crippen molar-refractivity contribution < 1.29 is 4.74 Å². The summed E-state index contributed by atoms with van der Waals surface area (Å²) in [7, 11) is 3.35. The molecule has 0 unspecified atom stereocenters. The fourth-order valence-electron chi connectivity index (χ4n) is 2.15. The van der Waals surface area contributed by atoms with Crippen molar-refractivity contribution in [3.05, 3.63) is 56.8 Å². The molecule has 0 aliphatic rings. The zero-order chi connectivity index (χ0) is 14.1. The van der Waals surface area contributed by atoms with Crippen LogP contribution in [0.1, 0.15) is 10.7 Å². The Labute approximate surface area is 120 Å². The molecule has 0 N–H and O–H groups in total. The van der Waals surface area contributed by atoms with Gasteiger partial charge in [-0.3, -0.25) is 9.36 Å². The Bertz CT molecular complexity index is 807. The minimum atomic E-state index is -0.0412. The van der Waals surface area contributed by atoms with Gasteiger partial charge in [-0.25, -0.2) is 4.98 Å². The summed E-state index contributed by atoms with van der Waals surface area (Å²) < 4.78 is 6.77. The van der Waals surface area contributed by atoms with Gasteiger partial charge in [0.05, 0.1) is 18.0 Å². The van der Waals surface area contributed by atoms with Crippen LogP contribution in [-0.4, -0.2) is 16.7 Å². The minimum absolute atomic E-state index is 0.0412. The fraction of sp³-hybridized carbons (Fsp3) is 0.200. The van der Waals surface area contributed by atoms with Gasteiger partial charge in [0, 0.05) is 18.3 Å². The van der Waals surface area contributed by atoms with Gasteiger partial charge in [0.25, 0.3) is 5.56 Å². The summed E-state index contributed by atoms with van der Waals surface area (Å²) in [4.78, 5) is 18.2. The Morgan fingerprint density at radius 1 is 1.35 bits per heavy atom. The number of nitrogens with zero attached hydrogens (tertiary/aromatic N) is 2. The van der Waals surface area contributed by atoms with E-state index in [-0.39, 0.29) is 5.56 Å². The molecule has 0 saturated carbocycles. The summed E-state index contributed by atoms with van der Waals surface area (Å²) in [6, 6.07) is 9.44. The highest BCUT2D eigenvalue weighted by Gasteiger charge is 2.10. The molecule has 0 amide bonds. The van der Waals surface area contributed by atoms with Gasteiger partial charge in [0.15, 0.2) is 0 Å². The SMILES string of the molecule is COc1ccc2nc(Cc3cccs3)n(C)c(=O)c2c1. The van der Waals surface area contributed by atoms with Crippen molar-refractivity contribution in [1.29, 1.82) is 0 Å². The summed E-state index contributed by atoms with van der Waals surface area (Å²) >= 11 is 1.67. The van der Waals surface area contributed by atoms with Gasteiger partial charge in [-0.2, -0.15) is 0 Å². The number of benzene rings is 1. The third-order valence-corrected chi connectivity index (χ3v) is 4.16. The predicted octanol–water partition coefficient (Wildman–Crippen LogP) is 2.59. The Hall–Kier alpha value is -2.14. The van der Waals surface area contributed by atoms with Gasteiger partial charge < -0.3 is 4.74 Å². The highest BCUT2D eigenvalue weighted by molar-refractivity contribution is 7.09. The van der Waals surface area contributed by atoms with Crippen LogP contribution in [0.4, 0.5) is 0 Å². The maximum absolute atomic E-state index is 12.4. The molecule has 0 spiro atoms. The number of rotatable bonds is 3. The van der Waals surface area contributed by atoms with Gasteiger partial charge in [0.2, 0.25) is 0 Å². The van der Waals surface area contributed by atoms with Gasteiger partial charge in [-0.15, -0.1) is 11.3 Å². The largest absolute Gasteiger partial charge is 0.497 e. The van der Waals surface area contributed by atoms with Crippen LogP contribution in [0.15, 0.2) is 40.5 Å². The van der Waals surface area contributed by atoms with Crippen molar-refractivity contribution in [2.24, 2.45) is 7.05 Å². The van der Waals surface area contributed by atoms with Gasteiger partial charge in [-0.1, -0.05) is 6.07 Å². The van der Waals surface area contributed by atoms with E-state index in [1.165, 1.54) is 4.88 Å².